The largest absolute Gasteiger partial charge is 0.305 e. The van der Waals surface area contributed by atoms with Crippen LogP contribution in [-0.2, 0) is 0 Å². The van der Waals surface area contributed by atoms with E-state index in [4.69, 9.17) is 29.0 Å². The molecule has 0 saturated carbocycles. The lowest BCUT2D eigenvalue weighted by Crippen LogP contribution is -2.49. The van der Waals surface area contributed by atoms with E-state index in [-0.39, 0.29) is 12.1 Å². The summed E-state index contributed by atoms with van der Waals surface area (Å²) in [7, 11) is 4.28. The minimum Gasteiger partial charge on any atom is -0.305 e. The summed E-state index contributed by atoms with van der Waals surface area (Å²) in [6.07, 6.45) is 1.16. The van der Waals surface area contributed by atoms with Crippen LogP contribution >= 0.6 is 23.2 Å². The number of nitrogens with two attached hydrogens (primary N) is 1. The molecular weight excluding hydrogens is 295 g/mol. The van der Waals surface area contributed by atoms with E-state index in [9.17, 15) is 0 Å². The molecule has 1 aliphatic rings. The average molecular weight is 317 g/mol. The first-order valence-electron chi connectivity index (χ1n) is 6.82. The quantitative estimate of drug-likeness (QED) is 0.662. The Kier molecular flexibility index (Phi) is 5.66. The molecule has 2 atom stereocenters. The molecule has 4 nitrogen and oxygen atoms in total. The summed E-state index contributed by atoms with van der Waals surface area (Å²) in [5, 5.41) is 1.29. The molecule has 1 saturated heterocycles. The third-order valence-corrected chi connectivity index (χ3v) is 4.54. The Labute approximate surface area is 130 Å². The minimum absolute atomic E-state index is 0.0229. The molecule has 2 unspecified atom stereocenters. The summed E-state index contributed by atoms with van der Waals surface area (Å²) in [4.78, 5) is 4.68. The number of benzene rings is 1. The highest BCUT2D eigenvalue weighted by Crippen LogP contribution is 2.30. The maximum Gasteiger partial charge on any atom is 0.0642 e. The van der Waals surface area contributed by atoms with Crippen molar-refractivity contribution < 1.29 is 0 Å². The third kappa shape index (κ3) is 3.64. The molecule has 0 bridgehead atoms. The Morgan fingerprint density at radius 1 is 1.30 bits per heavy atom. The summed E-state index contributed by atoms with van der Waals surface area (Å²) in [6, 6.07) is 5.82. The van der Waals surface area contributed by atoms with E-state index in [0.717, 1.165) is 31.6 Å². The van der Waals surface area contributed by atoms with Gasteiger partial charge in [-0.3, -0.25) is 11.3 Å². The zero-order valence-electron chi connectivity index (χ0n) is 11.9. The normalized spacial score (nSPS) is 23.6. The van der Waals surface area contributed by atoms with Crippen LogP contribution < -0.4 is 11.3 Å². The molecule has 1 aromatic carbocycles. The van der Waals surface area contributed by atoms with Crippen molar-refractivity contribution in [3.05, 3.63) is 33.8 Å². The number of nitrogens with one attached hydrogen (secondary N) is 1. The topological polar surface area (TPSA) is 44.5 Å². The summed E-state index contributed by atoms with van der Waals surface area (Å²) in [6.45, 7) is 3.11. The molecule has 0 aromatic heterocycles. The van der Waals surface area contributed by atoms with Crippen molar-refractivity contribution in [1.82, 2.24) is 15.2 Å². The number of rotatable bonds is 3. The van der Waals surface area contributed by atoms with Crippen molar-refractivity contribution in [3.8, 4) is 0 Å². The smallest absolute Gasteiger partial charge is 0.0642 e. The van der Waals surface area contributed by atoms with Crippen LogP contribution in [0.3, 0.4) is 0 Å². The van der Waals surface area contributed by atoms with Gasteiger partial charge >= 0.3 is 0 Å². The van der Waals surface area contributed by atoms with E-state index >= 15 is 0 Å². The van der Waals surface area contributed by atoms with Crippen molar-refractivity contribution in [3.63, 3.8) is 0 Å². The van der Waals surface area contributed by atoms with Crippen LogP contribution in [0.5, 0.6) is 0 Å². The lowest BCUT2D eigenvalue weighted by Gasteiger charge is -2.34. The van der Waals surface area contributed by atoms with Crippen LogP contribution in [0.4, 0.5) is 0 Å². The van der Waals surface area contributed by atoms with Crippen molar-refractivity contribution in [1.29, 1.82) is 0 Å². The summed E-state index contributed by atoms with van der Waals surface area (Å²) < 4.78 is 0. The molecule has 0 spiro atoms. The fourth-order valence-electron chi connectivity index (χ4n) is 2.83. The Morgan fingerprint density at radius 2 is 2.05 bits per heavy atom. The predicted molar refractivity (Wildman–Crippen MR) is 85.1 cm³/mol. The number of halogens is 2. The number of likely N-dealkylation sites (N-methyl/N-ethyl adjacent to an activating group) is 2. The van der Waals surface area contributed by atoms with Crippen molar-refractivity contribution in [2.45, 2.75) is 18.5 Å². The Bertz CT molecular complexity index is 455. The van der Waals surface area contributed by atoms with E-state index in [1.54, 1.807) is 6.07 Å². The fourth-order valence-corrected chi connectivity index (χ4v) is 3.35. The second-order valence-corrected chi connectivity index (χ2v) is 6.32. The lowest BCUT2D eigenvalue weighted by molar-refractivity contribution is 0.178. The molecule has 1 aromatic rings. The van der Waals surface area contributed by atoms with Gasteiger partial charge in [-0.15, -0.1) is 0 Å². The van der Waals surface area contributed by atoms with Gasteiger partial charge in [0.25, 0.3) is 0 Å². The molecule has 20 heavy (non-hydrogen) atoms. The van der Waals surface area contributed by atoms with E-state index in [1.165, 1.54) is 0 Å². The van der Waals surface area contributed by atoms with Gasteiger partial charge in [0.2, 0.25) is 0 Å². The number of hydrazine groups is 1. The Balaban J connectivity index is 2.29. The maximum absolute atomic E-state index is 6.34. The molecule has 0 amide bonds. The maximum atomic E-state index is 6.34. The molecule has 1 heterocycles. The van der Waals surface area contributed by atoms with Gasteiger partial charge in [0.15, 0.2) is 0 Å². The summed E-state index contributed by atoms with van der Waals surface area (Å²) in [5.74, 6) is 5.81. The summed E-state index contributed by atoms with van der Waals surface area (Å²) >= 11 is 12.3. The molecule has 0 aliphatic carbocycles. The lowest BCUT2D eigenvalue weighted by atomic mass is 9.98. The molecule has 6 heteroatoms. The van der Waals surface area contributed by atoms with Crippen LogP contribution in [-0.4, -0.2) is 49.6 Å². The van der Waals surface area contributed by atoms with Gasteiger partial charge in [0.05, 0.1) is 6.04 Å². The fraction of sp³-hybridized carbons (Fsp3) is 0.571. The van der Waals surface area contributed by atoms with Crippen LogP contribution in [0.15, 0.2) is 18.2 Å². The van der Waals surface area contributed by atoms with E-state index in [0.29, 0.717) is 10.0 Å². The average Bonchev–Trinajstić information content (AvgIpc) is 2.55. The van der Waals surface area contributed by atoms with Crippen LogP contribution in [0.1, 0.15) is 18.0 Å². The first-order chi connectivity index (χ1) is 9.52. The zero-order chi connectivity index (χ0) is 14.7. The van der Waals surface area contributed by atoms with E-state index in [1.807, 2.05) is 12.1 Å². The molecular formula is C14H22Cl2N4. The standard InChI is InChI=1S/C14H22Cl2N4/c1-19-6-3-7-20(2)13(9-19)14(18-17)11-5-4-10(15)8-12(11)16/h4-5,8,13-14,18H,3,6-7,9,17H2,1-2H3. The Morgan fingerprint density at radius 3 is 2.70 bits per heavy atom. The highest BCUT2D eigenvalue weighted by atomic mass is 35.5. The molecule has 3 N–H and O–H groups in total. The summed E-state index contributed by atoms with van der Waals surface area (Å²) in [5.41, 5.74) is 3.92. The van der Waals surface area contributed by atoms with Gasteiger partial charge in [0, 0.05) is 22.6 Å². The Hall–Kier alpha value is -0.360. The van der Waals surface area contributed by atoms with Crippen LogP contribution in [0.25, 0.3) is 0 Å². The van der Waals surface area contributed by atoms with Crippen molar-refractivity contribution >= 4 is 23.2 Å². The van der Waals surface area contributed by atoms with Gasteiger partial charge in [0.1, 0.15) is 0 Å². The SMILES string of the molecule is CN1CCCN(C)C(C(NN)c2ccc(Cl)cc2Cl)C1. The van der Waals surface area contributed by atoms with Crippen molar-refractivity contribution in [2.24, 2.45) is 5.84 Å². The first kappa shape index (κ1) is 16.0. The highest BCUT2D eigenvalue weighted by molar-refractivity contribution is 6.35. The van der Waals surface area contributed by atoms with Gasteiger partial charge in [-0.2, -0.15) is 0 Å². The molecule has 1 fully saturated rings. The molecule has 2 rings (SSSR count). The van der Waals surface area contributed by atoms with Gasteiger partial charge in [-0.05, 0) is 51.3 Å². The molecule has 112 valence electrons. The van der Waals surface area contributed by atoms with Gasteiger partial charge < -0.3 is 9.80 Å². The number of hydrogen-bond acceptors (Lipinski definition) is 4. The monoisotopic (exact) mass is 316 g/mol. The van der Waals surface area contributed by atoms with Crippen LogP contribution in [0, 0.1) is 0 Å². The number of nitrogens with zero attached hydrogens (tertiary/aromatic N) is 2. The van der Waals surface area contributed by atoms with Crippen LogP contribution in [0.2, 0.25) is 10.0 Å². The van der Waals surface area contributed by atoms with Crippen molar-refractivity contribution in [2.75, 3.05) is 33.7 Å². The molecule has 0 radical (unpaired) electrons. The number of hydrogen-bond donors (Lipinski definition) is 2. The zero-order valence-corrected chi connectivity index (χ0v) is 13.5. The van der Waals surface area contributed by atoms with Gasteiger partial charge in [-0.1, -0.05) is 29.3 Å². The highest BCUT2D eigenvalue weighted by Gasteiger charge is 2.30. The second-order valence-electron chi connectivity index (χ2n) is 5.47. The van der Waals surface area contributed by atoms with E-state index in [2.05, 4.69) is 29.3 Å². The van der Waals surface area contributed by atoms with E-state index < -0.39 is 0 Å². The minimum atomic E-state index is -0.0229. The predicted octanol–water partition coefficient (Wildman–Crippen LogP) is 2.13. The third-order valence-electron chi connectivity index (χ3n) is 3.98. The molecule has 1 aliphatic heterocycles. The first-order valence-corrected chi connectivity index (χ1v) is 7.58. The second kappa shape index (κ2) is 7.07. The van der Waals surface area contributed by atoms with Gasteiger partial charge in [-0.25, -0.2) is 0 Å².